The maximum absolute atomic E-state index is 12.4. The van der Waals surface area contributed by atoms with Gasteiger partial charge in [0.2, 0.25) is 0 Å². The van der Waals surface area contributed by atoms with Crippen LogP contribution in [0.3, 0.4) is 0 Å². The number of carbonyl (C=O) groups excluding carboxylic acids is 2. The van der Waals surface area contributed by atoms with Crippen LogP contribution in [0.1, 0.15) is 13.3 Å². The smallest absolute Gasteiger partial charge is 0.317 e. The molecular weight excluding hydrogens is 616 g/mol. The number of esters is 2. The second kappa shape index (κ2) is 33.4. The fourth-order valence-corrected chi connectivity index (χ4v) is 3.46. The standard InChI is InChI=1S/C30H56O16/c1-3-34-6-7-39-18-20-43-27(23-41-16-14-35-5-4-33-2)25-45-29(31)22-30(32)46-26-28-24-42-17-15-38-11-10-36-8-9-37-12-13-40-19-21-44-28/h27-28H,3-26H2,1-2H3. The van der Waals surface area contributed by atoms with E-state index < -0.39 is 30.6 Å². The zero-order valence-corrected chi connectivity index (χ0v) is 27.7. The topological polar surface area (TPSA) is 163 Å². The quantitative estimate of drug-likeness (QED) is 0.0861. The molecule has 1 aliphatic rings. The van der Waals surface area contributed by atoms with Crippen LogP contribution in [0.15, 0.2) is 0 Å². The van der Waals surface area contributed by atoms with E-state index in [2.05, 4.69) is 0 Å². The Bertz CT molecular complexity index is 649. The second-order valence-electron chi connectivity index (χ2n) is 9.54. The molecule has 0 spiro atoms. The molecule has 2 unspecified atom stereocenters. The Morgan fingerprint density at radius 1 is 0.609 bits per heavy atom. The Balaban J connectivity index is 2.40. The first-order valence-electron chi connectivity index (χ1n) is 15.9. The van der Waals surface area contributed by atoms with Crippen molar-refractivity contribution in [2.24, 2.45) is 0 Å². The molecule has 0 aromatic carbocycles. The van der Waals surface area contributed by atoms with Gasteiger partial charge < -0.3 is 66.3 Å². The third kappa shape index (κ3) is 28.7. The van der Waals surface area contributed by atoms with Crippen molar-refractivity contribution < 1.29 is 75.9 Å². The molecule has 16 nitrogen and oxygen atoms in total. The molecule has 46 heavy (non-hydrogen) atoms. The third-order valence-electron chi connectivity index (χ3n) is 5.79. The highest BCUT2D eigenvalue weighted by Crippen LogP contribution is 2.02. The van der Waals surface area contributed by atoms with Gasteiger partial charge in [-0.15, -0.1) is 0 Å². The summed E-state index contributed by atoms with van der Waals surface area (Å²) in [5.41, 5.74) is 0. The molecule has 1 fully saturated rings. The van der Waals surface area contributed by atoms with Gasteiger partial charge in [0.25, 0.3) is 0 Å². The van der Waals surface area contributed by atoms with Crippen LogP contribution in [0.5, 0.6) is 0 Å². The molecule has 272 valence electrons. The summed E-state index contributed by atoms with van der Waals surface area (Å²) in [6.45, 7) is 9.79. The van der Waals surface area contributed by atoms with E-state index >= 15 is 0 Å². The van der Waals surface area contributed by atoms with Crippen LogP contribution in [-0.4, -0.2) is 183 Å². The maximum atomic E-state index is 12.4. The average molecular weight is 673 g/mol. The molecule has 1 rings (SSSR count). The predicted octanol–water partition coefficient (Wildman–Crippen LogP) is 0.0626. The van der Waals surface area contributed by atoms with Gasteiger partial charge in [-0.2, -0.15) is 0 Å². The zero-order valence-electron chi connectivity index (χ0n) is 27.7. The predicted molar refractivity (Wildman–Crippen MR) is 161 cm³/mol. The lowest BCUT2D eigenvalue weighted by molar-refractivity contribution is -0.161. The molecule has 2 atom stereocenters. The highest BCUT2D eigenvalue weighted by atomic mass is 16.6. The first-order valence-corrected chi connectivity index (χ1v) is 15.9. The largest absolute Gasteiger partial charge is 0.462 e. The third-order valence-corrected chi connectivity index (χ3v) is 5.79. The molecule has 0 N–H and O–H groups in total. The molecule has 0 bridgehead atoms. The van der Waals surface area contributed by atoms with Gasteiger partial charge >= 0.3 is 11.9 Å². The van der Waals surface area contributed by atoms with Crippen molar-refractivity contribution in [2.45, 2.75) is 25.6 Å². The summed E-state index contributed by atoms with van der Waals surface area (Å²) < 4.78 is 76.1. The van der Waals surface area contributed by atoms with E-state index in [0.29, 0.717) is 112 Å². The van der Waals surface area contributed by atoms with E-state index in [0.717, 1.165) is 0 Å². The van der Waals surface area contributed by atoms with Gasteiger partial charge in [0.15, 0.2) is 0 Å². The molecular formula is C30H56O16. The van der Waals surface area contributed by atoms with Crippen molar-refractivity contribution in [1.82, 2.24) is 0 Å². The molecule has 0 saturated carbocycles. The Labute approximate surface area is 272 Å². The van der Waals surface area contributed by atoms with Gasteiger partial charge in [0, 0.05) is 13.7 Å². The van der Waals surface area contributed by atoms with Crippen molar-refractivity contribution >= 4 is 11.9 Å². The summed E-state index contributed by atoms with van der Waals surface area (Å²) in [5.74, 6) is -1.51. The number of hydrogen-bond acceptors (Lipinski definition) is 16. The molecule has 1 aliphatic heterocycles. The van der Waals surface area contributed by atoms with Crippen molar-refractivity contribution in [1.29, 1.82) is 0 Å². The molecule has 0 aromatic heterocycles. The van der Waals surface area contributed by atoms with Gasteiger partial charge in [0.05, 0.1) is 132 Å². The summed E-state index contributed by atoms with van der Waals surface area (Å²) in [5, 5.41) is 0. The first-order chi connectivity index (χ1) is 22.7. The zero-order chi connectivity index (χ0) is 33.2. The number of ether oxygens (including phenoxy) is 14. The minimum absolute atomic E-state index is 0.112. The molecule has 1 heterocycles. The molecule has 1 saturated heterocycles. The fourth-order valence-electron chi connectivity index (χ4n) is 3.46. The first kappa shape index (κ1) is 42.5. The molecule has 0 aromatic rings. The Morgan fingerprint density at radius 2 is 1.13 bits per heavy atom. The maximum Gasteiger partial charge on any atom is 0.317 e. The second-order valence-corrected chi connectivity index (χ2v) is 9.54. The van der Waals surface area contributed by atoms with E-state index in [1.54, 1.807) is 7.11 Å². The molecule has 0 amide bonds. The van der Waals surface area contributed by atoms with Crippen molar-refractivity contribution in [3.8, 4) is 0 Å². The van der Waals surface area contributed by atoms with Gasteiger partial charge in [0.1, 0.15) is 31.8 Å². The van der Waals surface area contributed by atoms with E-state index in [1.165, 1.54) is 0 Å². The minimum Gasteiger partial charge on any atom is -0.462 e. The lowest BCUT2D eigenvalue weighted by atomic mass is 10.3. The normalized spacial score (nSPS) is 18.7. The van der Waals surface area contributed by atoms with E-state index in [1.807, 2.05) is 6.92 Å². The summed E-state index contributed by atoms with van der Waals surface area (Å²) in [6.07, 6.45) is -1.71. The van der Waals surface area contributed by atoms with Crippen LogP contribution in [0.2, 0.25) is 0 Å². The highest BCUT2D eigenvalue weighted by molar-refractivity contribution is 5.91. The van der Waals surface area contributed by atoms with Crippen molar-refractivity contribution in [3.63, 3.8) is 0 Å². The average Bonchev–Trinajstić information content (AvgIpc) is 3.05. The lowest BCUT2D eigenvalue weighted by Crippen LogP contribution is -2.31. The van der Waals surface area contributed by atoms with E-state index in [-0.39, 0.29) is 39.6 Å². The fraction of sp³-hybridized carbons (Fsp3) is 0.933. The highest BCUT2D eigenvalue weighted by Gasteiger charge is 2.19. The van der Waals surface area contributed by atoms with Crippen LogP contribution in [0.4, 0.5) is 0 Å². The molecule has 0 aliphatic carbocycles. The minimum atomic E-state index is -0.756. The Morgan fingerprint density at radius 3 is 1.76 bits per heavy atom. The van der Waals surface area contributed by atoms with Gasteiger partial charge in [-0.3, -0.25) is 9.59 Å². The monoisotopic (exact) mass is 672 g/mol. The summed E-state index contributed by atoms with van der Waals surface area (Å²) in [4.78, 5) is 24.8. The van der Waals surface area contributed by atoms with Gasteiger partial charge in [-0.25, -0.2) is 0 Å². The number of rotatable bonds is 22. The van der Waals surface area contributed by atoms with E-state index in [9.17, 15) is 9.59 Å². The summed E-state index contributed by atoms with van der Waals surface area (Å²) in [7, 11) is 1.60. The van der Waals surface area contributed by atoms with Crippen LogP contribution < -0.4 is 0 Å². The Hall–Kier alpha value is -1.54. The van der Waals surface area contributed by atoms with Crippen LogP contribution in [-0.2, 0) is 75.9 Å². The van der Waals surface area contributed by atoms with Gasteiger partial charge in [-0.05, 0) is 6.92 Å². The van der Waals surface area contributed by atoms with Crippen molar-refractivity contribution in [3.05, 3.63) is 0 Å². The van der Waals surface area contributed by atoms with E-state index in [4.69, 9.17) is 66.3 Å². The van der Waals surface area contributed by atoms with Gasteiger partial charge in [-0.1, -0.05) is 0 Å². The van der Waals surface area contributed by atoms with Crippen LogP contribution >= 0.6 is 0 Å². The SMILES string of the molecule is CCOCCOCCOC(COCCOCCOC)COC(=O)CC(=O)OCC1COCCOCCOCCOCCOCCO1. The molecule has 16 heteroatoms. The summed E-state index contributed by atoms with van der Waals surface area (Å²) >= 11 is 0. The number of methoxy groups -OCH3 is 1. The number of carbonyl (C=O) groups is 2. The van der Waals surface area contributed by atoms with Crippen molar-refractivity contribution in [2.75, 3.05) is 159 Å². The van der Waals surface area contributed by atoms with Crippen LogP contribution in [0.25, 0.3) is 0 Å². The number of hydrogen-bond donors (Lipinski definition) is 0. The summed E-state index contributed by atoms with van der Waals surface area (Å²) in [6, 6.07) is 0. The lowest BCUT2D eigenvalue weighted by Gasteiger charge is -2.19. The van der Waals surface area contributed by atoms with Crippen LogP contribution in [0, 0.1) is 0 Å². The Kier molecular flexibility index (Phi) is 30.8. The molecule has 0 radical (unpaired) electrons.